The van der Waals surface area contributed by atoms with E-state index in [-0.39, 0.29) is 0 Å². The minimum absolute atomic E-state index is 0.908. The van der Waals surface area contributed by atoms with E-state index in [2.05, 4.69) is 289 Å². The molecule has 0 aliphatic carbocycles. The minimum atomic E-state index is 0.908. The summed E-state index contributed by atoms with van der Waals surface area (Å²) in [5, 5.41) is 4.79. The number of furan rings is 1. The quantitative estimate of drug-likeness (QED) is 0.136. The highest BCUT2D eigenvalue weighted by Gasteiger charge is 2.18. The second-order valence-corrected chi connectivity index (χ2v) is 19.2. The van der Waals surface area contributed by atoms with Gasteiger partial charge in [-0.3, -0.25) is 0 Å². The van der Waals surface area contributed by atoms with Crippen molar-refractivity contribution in [1.29, 1.82) is 0 Å². The first-order valence-corrected chi connectivity index (χ1v) is 25.6. The molecule has 0 aliphatic heterocycles. The number of benzene rings is 12. The number of aromatic nitrogens is 1. The Bertz CT molecular complexity index is 4300. The van der Waals surface area contributed by atoms with Crippen molar-refractivity contribution in [2.45, 2.75) is 0 Å². The van der Waals surface area contributed by atoms with Crippen molar-refractivity contribution in [1.82, 2.24) is 4.57 Å². The summed E-state index contributed by atoms with van der Waals surface area (Å²) in [5.74, 6) is 0. The standard InChI is InChI=1S/C72H48N2O/c1-2-14-49(15-3-1)57-16-12-17-58(48-57)54-40-46-61(47-41-54)73(60-44-38-53(39-45-60)51-30-34-56(35-31-51)63-22-13-23-67-66-21-7-11-27-71(66)75-72(63)67)59-42-36-52(37-43-59)50-28-32-55(33-29-50)62-18-4-8-24-68(62)74-69-25-9-5-19-64(69)65-20-6-10-26-70(65)74/h1-48H. The van der Waals surface area contributed by atoms with E-state index in [1.807, 2.05) is 12.1 Å². The summed E-state index contributed by atoms with van der Waals surface area (Å²) < 4.78 is 8.80. The Hall–Kier alpha value is -9.96. The largest absolute Gasteiger partial charge is 0.455 e. The first-order valence-electron chi connectivity index (χ1n) is 25.6. The van der Waals surface area contributed by atoms with Crippen LogP contribution in [0.3, 0.4) is 0 Å². The monoisotopic (exact) mass is 956 g/mol. The first kappa shape index (κ1) is 43.8. The summed E-state index contributed by atoms with van der Waals surface area (Å²) in [5.41, 5.74) is 22.6. The van der Waals surface area contributed by atoms with Gasteiger partial charge in [-0.2, -0.15) is 0 Å². The highest BCUT2D eigenvalue weighted by atomic mass is 16.3. The van der Waals surface area contributed by atoms with Gasteiger partial charge in [0.05, 0.1) is 16.7 Å². The second-order valence-electron chi connectivity index (χ2n) is 19.2. The van der Waals surface area contributed by atoms with Crippen LogP contribution in [0.4, 0.5) is 17.1 Å². The lowest BCUT2D eigenvalue weighted by Crippen LogP contribution is -2.09. The molecule has 0 spiro atoms. The Morgan fingerprint density at radius 1 is 0.253 bits per heavy atom. The molecule has 0 radical (unpaired) electrons. The van der Waals surface area contributed by atoms with Gasteiger partial charge in [0.25, 0.3) is 0 Å². The average Bonchev–Trinajstić information content (AvgIpc) is 4.04. The summed E-state index contributed by atoms with van der Waals surface area (Å²) in [6, 6.07) is 105. The molecule has 0 atom stereocenters. The molecule has 0 aliphatic rings. The van der Waals surface area contributed by atoms with Gasteiger partial charge in [-0.05, 0) is 122 Å². The number of anilines is 3. The van der Waals surface area contributed by atoms with E-state index in [1.165, 1.54) is 60.9 Å². The highest BCUT2D eigenvalue weighted by Crippen LogP contribution is 2.41. The Balaban J connectivity index is 0.779. The predicted octanol–water partition coefficient (Wildman–Crippen LogP) is 20.2. The molecule has 3 heteroatoms. The average molecular weight is 957 g/mol. The van der Waals surface area contributed by atoms with Gasteiger partial charge in [-0.15, -0.1) is 0 Å². The van der Waals surface area contributed by atoms with Gasteiger partial charge in [-0.25, -0.2) is 0 Å². The van der Waals surface area contributed by atoms with Gasteiger partial charge in [0, 0.05) is 49.7 Å². The molecule has 12 aromatic carbocycles. The van der Waals surface area contributed by atoms with Crippen LogP contribution < -0.4 is 4.90 Å². The topological polar surface area (TPSA) is 21.3 Å². The normalized spacial score (nSPS) is 11.5. The van der Waals surface area contributed by atoms with Gasteiger partial charge < -0.3 is 13.9 Å². The lowest BCUT2D eigenvalue weighted by atomic mass is 9.98. The molecule has 3 nitrogen and oxygen atoms in total. The number of hydrogen-bond donors (Lipinski definition) is 0. The van der Waals surface area contributed by atoms with Crippen molar-refractivity contribution in [2.24, 2.45) is 0 Å². The Morgan fingerprint density at radius 3 is 1.20 bits per heavy atom. The van der Waals surface area contributed by atoms with E-state index < -0.39 is 0 Å². The fourth-order valence-corrected chi connectivity index (χ4v) is 11.1. The van der Waals surface area contributed by atoms with Gasteiger partial charge in [-0.1, -0.05) is 224 Å². The van der Waals surface area contributed by atoms with Crippen LogP contribution in [-0.2, 0) is 0 Å². The fourth-order valence-electron chi connectivity index (χ4n) is 11.1. The van der Waals surface area contributed by atoms with Crippen LogP contribution >= 0.6 is 0 Å². The maximum atomic E-state index is 6.39. The molecule has 352 valence electrons. The predicted molar refractivity (Wildman–Crippen MR) is 315 cm³/mol. The Labute approximate surface area is 436 Å². The van der Waals surface area contributed by atoms with Crippen LogP contribution in [0.2, 0.25) is 0 Å². The van der Waals surface area contributed by atoms with Crippen molar-refractivity contribution in [2.75, 3.05) is 4.90 Å². The van der Waals surface area contributed by atoms with E-state index in [1.54, 1.807) is 0 Å². The molecule has 0 amide bonds. The van der Waals surface area contributed by atoms with Gasteiger partial charge in [0.2, 0.25) is 0 Å². The van der Waals surface area contributed by atoms with Gasteiger partial charge in [0.15, 0.2) is 0 Å². The van der Waals surface area contributed by atoms with Crippen molar-refractivity contribution < 1.29 is 4.42 Å². The molecular formula is C72H48N2O. The van der Waals surface area contributed by atoms with Crippen LogP contribution in [0.25, 0.3) is 116 Å². The molecule has 0 saturated heterocycles. The second kappa shape index (κ2) is 18.6. The molecule has 75 heavy (non-hydrogen) atoms. The number of hydrogen-bond acceptors (Lipinski definition) is 2. The molecule has 0 fully saturated rings. The van der Waals surface area contributed by atoms with Crippen LogP contribution in [-0.4, -0.2) is 4.57 Å². The van der Waals surface area contributed by atoms with Crippen LogP contribution in [0.5, 0.6) is 0 Å². The van der Waals surface area contributed by atoms with Crippen LogP contribution in [0.1, 0.15) is 0 Å². The first-order chi connectivity index (χ1) is 37.2. The molecule has 14 rings (SSSR count). The number of fused-ring (bicyclic) bond motifs is 6. The highest BCUT2D eigenvalue weighted by molar-refractivity contribution is 6.11. The van der Waals surface area contributed by atoms with Crippen molar-refractivity contribution in [3.63, 3.8) is 0 Å². The van der Waals surface area contributed by atoms with Crippen molar-refractivity contribution >= 4 is 60.8 Å². The zero-order valence-corrected chi connectivity index (χ0v) is 41.0. The smallest absolute Gasteiger partial charge is 0.143 e. The van der Waals surface area contributed by atoms with E-state index >= 15 is 0 Å². The van der Waals surface area contributed by atoms with Crippen molar-refractivity contribution in [3.8, 4) is 72.4 Å². The fraction of sp³-hybridized carbons (Fsp3) is 0. The van der Waals surface area contributed by atoms with Crippen LogP contribution in [0, 0.1) is 0 Å². The third kappa shape index (κ3) is 7.95. The third-order valence-corrected chi connectivity index (χ3v) is 14.9. The van der Waals surface area contributed by atoms with E-state index in [9.17, 15) is 0 Å². The summed E-state index contributed by atoms with van der Waals surface area (Å²) in [4.78, 5) is 2.35. The summed E-state index contributed by atoms with van der Waals surface area (Å²) >= 11 is 0. The number of para-hydroxylation sites is 5. The lowest BCUT2D eigenvalue weighted by molar-refractivity contribution is 0.670. The molecule has 2 heterocycles. The maximum Gasteiger partial charge on any atom is 0.143 e. The lowest BCUT2D eigenvalue weighted by Gasteiger charge is -2.26. The van der Waals surface area contributed by atoms with Crippen molar-refractivity contribution in [3.05, 3.63) is 291 Å². The van der Waals surface area contributed by atoms with Gasteiger partial charge >= 0.3 is 0 Å². The Morgan fingerprint density at radius 2 is 0.627 bits per heavy atom. The Kier molecular flexibility index (Phi) is 10.8. The maximum absolute atomic E-state index is 6.39. The third-order valence-electron chi connectivity index (χ3n) is 14.9. The van der Waals surface area contributed by atoms with Crippen LogP contribution in [0.15, 0.2) is 296 Å². The summed E-state index contributed by atoms with van der Waals surface area (Å²) in [7, 11) is 0. The molecular weight excluding hydrogens is 909 g/mol. The summed E-state index contributed by atoms with van der Waals surface area (Å²) in [6.07, 6.45) is 0. The zero-order valence-electron chi connectivity index (χ0n) is 41.0. The minimum Gasteiger partial charge on any atom is -0.455 e. The van der Waals surface area contributed by atoms with Gasteiger partial charge in [0.1, 0.15) is 11.2 Å². The molecule has 0 unspecified atom stereocenters. The molecule has 0 N–H and O–H groups in total. The van der Waals surface area contributed by atoms with E-state index in [0.29, 0.717) is 0 Å². The molecule has 0 bridgehead atoms. The zero-order chi connectivity index (χ0) is 49.7. The summed E-state index contributed by atoms with van der Waals surface area (Å²) in [6.45, 7) is 0. The number of rotatable bonds is 10. The molecule has 0 saturated carbocycles. The van der Waals surface area contributed by atoms with E-state index in [0.717, 1.165) is 72.4 Å². The SMILES string of the molecule is c1ccc(-c2cccc(-c3ccc(N(c4ccc(-c5ccc(-c6ccccc6-n6c7ccccc7c7ccccc76)cc5)cc4)c4ccc(-c5ccc(-c6cccc7c6oc6ccccc67)cc5)cc4)cc3)c2)cc1. The molecule has 14 aromatic rings. The molecule has 2 aromatic heterocycles. The number of nitrogens with zero attached hydrogens (tertiary/aromatic N) is 2. The van der Waals surface area contributed by atoms with E-state index in [4.69, 9.17) is 4.42 Å².